The molecule has 0 aliphatic carbocycles. The summed E-state index contributed by atoms with van der Waals surface area (Å²) in [6.07, 6.45) is 3.30. The van der Waals surface area contributed by atoms with Crippen molar-refractivity contribution < 1.29 is 33.3 Å². The molecule has 2 aromatic rings. The summed E-state index contributed by atoms with van der Waals surface area (Å²) < 4.78 is 23.0. The third-order valence-corrected chi connectivity index (χ3v) is 7.19. The van der Waals surface area contributed by atoms with Gasteiger partial charge < -0.3 is 39.4 Å². The fourth-order valence-corrected chi connectivity index (χ4v) is 4.90. The van der Waals surface area contributed by atoms with Gasteiger partial charge in [0.1, 0.15) is 24.2 Å². The molecule has 45 heavy (non-hydrogen) atoms. The number of rotatable bonds is 15. The lowest BCUT2D eigenvalue weighted by atomic mass is 9.92. The molecule has 2 atom stereocenters. The number of fused-ring (bicyclic) bond motifs is 1. The Hall–Kier alpha value is -4.00. The standard InChI is InChI=1S/C30H46N8O7/c1-22-7-12-37(25(39)6-9-31)20-24(22)36(5)26-23-8-13-38(27(23)35-21-34-26)28(40)32-10-14-42-16-18-44-19-17-43-15-11-33-29(41)45-30(2,3)4/h8,13,21-22,24H,6-7,10-12,14-20H2,1-5H3,(H,32,40)(H,33,41)/t22-,24?/m1/s1. The zero-order valence-electron chi connectivity index (χ0n) is 26.9. The number of carbonyl (C=O) groups is 3. The Balaban J connectivity index is 1.34. The van der Waals surface area contributed by atoms with Crippen molar-refractivity contribution in [2.24, 2.45) is 5.92 Å². The number of piperidine rings is 1. The molecule has 0 radical (unpaired) electrons. The van der Waals surface area contributed by atoms with Gasteiger partial charge in [0.05, 0.1) is 57.1 Å². The van der Waals surface area contributed by atoms with Crippen molar-refractivity contribution in [3.8, 4) is 6.07 Å². The van der Waals surface area contributed by atoms with Gasteiger partial charge in [-0.05, 0) is 39.2 Å². The molecule has 1 fully saturated rings. The molecule has 3 rings (SSSR count). The minimum absolute atomic E-state index is 0.00145. The third kappa shape index (κ3) is 11.1. The van der Waals surface area contributed by atoms with Gasteiger partial charge in [0.2, 0.25) is 5.91 Å². The van der Waals surface area contributed by atoms with Crippen LogP contribution in [0.5, 0.6) is 0 Å². The van der Waals surface area contributed by atoms with Crippen LogP contribution < -0.4 is 15.5 Å². The zero-order chi connectivity index (χ0) is 32.8. The van der Waals surface area contributed by atoms with E-state index < -0.39 is 11.7 Å². The molecule has 3 heterocycles. The molecule has 0 spiro atoms. The topological polar surface area (TPSA) is 173 Å². The van der Waals surface area contributed by atoms with Crippen LogP contribution >= 0.6 is 0 Å². The predicted molar refractivity (Wildman–Crippen MR) is 166 cm³/mol. The normalized spacial score (nSPS) is 16.7. The molecule has 1 aliphatic rings. The summed E-state index contributed by atoms with van der Waals surface area (Å²) in [6, 6.07) is 3.41. The number of alkyl carbamates (subject to hydrolysis) is 1. The minimum Gasteiger partial charge on any atom is -0.444 e. The highest BCUT2D eigenvalue weighted by molar-refractivity contribution is 5.94. The van der Waals surface area contributed by atoms with E-state index in [1.807, 2.05) is 24.1 Å². The van der Waals surface area contributed by atoms with Crippen LogP contribution in [0, 0.1) is 17.2 Å². The van der Waals surface area contributed by atoms with E-state index in [2.05, 4.69) is 27.5 Å². The molecule has 1 unspecified atom stereocenters. The summed E-state index contributed by atoms with van der Waals surface area (Å²) in [6.45, 7) is 11.5. The molecule has 0 bridgehead atoms. The number of anilines is 1. The summed E-state index contributed by atoms with van der Waals surface area (Å²) >= 11 is 0. The molecule has 15 nitrogen and oxygen atoms in total. The van der Waals surface area contributed by atoms with Crippen molar-refractivity contribution in [1.29, 1.82) is 5.26 Å². The summed E-state index contributed by atoms with van der Waals surface area (Å²) in [7, 11) is 1.93. The molecule has 1 aliphatic heterocycles. The monoisotopic (exact) mass is 630 g/mol. The van der Waals surface area contributed by atoms with Crippen LogP contribution in [0.3, 0.4) is 0 Å². The van der Waals surface area contributed by atoms with E-state index >= 15 is 0 Å². The number of nitriles is 1. The van der Waals surface area contributed by atoms with Gasteiger partial charge in [-0.2, -0.15) is 5.26 Å². The lowest BCUT2D eigenvalue weighted by Gasteiger charge is -2.42. The van der Waals surface area contributed by atoms with Crippen molar-refractivity contribution in [3.05, 3.63) is 18.6 Å². The highest BCUT2D eigenvalue weighted by Gasteiger charge is 2.33. The first-order valence-corrected chi connectivity index (χ1v) is 15.2. The molecule has 1 saturated heterocycles. The number of amides is 3. The second-order valence-electron chi connectivity index (χ2n) is 11.7. The number of hydrogen-bond acceptors (Lipinski definition) is 11. The summed E-state index contributed by atoms with van der Waals surface area (Å²) in [5, 5.41) is 15.1. The molecule has 248 valence electrons. The van der Waals surface area contributed by atoms with Gasteiger partial charge in [-0.3, -0.25) is 9.36 Å². The van der Waals surface area contributed by atoms with Crippen molar-refractivity contribution in [2.45, 2.75) is 52.2 Å². The Morgan fingerprint density at radius 2 is 1.69 bits per heavy atom. The maximum atomic E-state index is 12.9. The van der Waals surface area contributed by atoms with Gasteiger partial charge in [0, 0.05) is 39.4 Å². The number of ether oxygens (including phenoxy) is 4. The lowest BCUT2D eigenvalue weighted by Crippen LogP contribution is -2.52. The molecule has 2 aromatic heterocycles. The molecule has 0 aromatic carbocycles. The van der Waals surface area contributed by atoms with Gasteiger partial charge in [-0.15, -0.1) is 0 Å². The van der Waals surface area contributed by atoms with Crippen molar-refractivity contribution in [2.75, 3.05) is 77.8 Å². The number of likely N-dealkylation sites (N-methyl/N-ethyl adjacent to an activating group) is 1. The number of aromatic nitrogens is 3. The number of likely N-dealkylation sites (tertiary alicyclic amines) is 1. The van der Waals surface area contributed by atoms with Crippen molar-refractivity contribution in [1.82, 2.24) is 30.1 Å². The number of nitrogens with zero attached hydrogens (tertiary/aromatic N) is 6. The summed E-state index contributed by atoms with van der Waals surface area (Å²) in [5.41, 5.74) is -0.0624. The highest BCUT2D eigenvalue weighted by Crippen LogP contribution is 2.29. The fourth-order valence-electron chi connectivity index (χ4n) is 4.90. The predicted octanol–water partition coefficient (Wildman–Crippen LogP) is 2.15. The van der Waals surface area contributed by atoms with E-state index in [1.165, 1.54) is 10.9 Å². The number of nitrogens with one attached hydrogen (secondary N) is 2. The average Bonchev–Trinajstić information content (AvgIpc) is 3.43. The molecule has 2 N–H and O–H groups in total. The van der Waals surface area contributed by atoms with Crippen LogP contribution in [0.1, 0.15) is 40.5 Å². The van der Waals surface area contributed by atoms with Crippen LogP contribution in [-0.2, 0) is 23.7 Å². The quantitative estimate of drug-likeness (QED) is 0.276. The van der Waals surface area contributed by atoms with Gasteiger partial charge in [-0.25, -0.2) is 19.6 Å². The van der Waals surface area contributed by atoms with Crippen LogP contribution in [0.2, 0.25) is 0 Å². The van der Waals surface area contributed by atoms with E-state index in [0.717, 1.165) is 11.8 Å². The zero-order valence-corrected chi connectivity index (χ0v) is 26.9. The van der Waals surface area contributed by atoms with Crippen LogP contribution in [0.4, 0.5) is 15.4 Å². The number of carbonyl (C=O) groups excluding carboxylic acids is 3. The van der Waals surface area contributed by atoms with Gasteiger partial charge in [-0.1, -0.05) is 6.92 Å². The first-order chi connectivity index (χ1) is 21.5. The third-order valence-electron chi connectivity index (χ3n) is 7.19. The Bertz CT molecular complexity index is 1310. The molecule has 0 saturated carbocycles. The largest absolute Gasteiger partial charge is 0.444 e. The van der Waals surface area contributed by atoms with E-state index in [9.17, 15) is 14.4 Å². The number of hydrogen-bond donors (Lipinski definition) is 2. The summed E-state index contributed by atoms with van der Waals surface area (Å²) in [4.78, 5) is 49.4. The first kappa shape index (κ1) is 35.5. The Morgan fingerprint density at radius 3 is 2.33 bits per heavy atom. The van der Waals surface area contributed by atoms with E-state index in [4.69, 9.17) is 24.2 Å². The SMILES string of the molecule is C[C@@H]1CCN(C(=O)CC#N)CC1N(C)c1ncnc2c1ccn2C(=O)NCCOCCOCCOCCNC(=O)OC(C)(C)C. The van der Waals surface area contributed by atoms with Crippen LogP contribution in [-0.4, -0.2) is 122 Å². The van der Waals surface area contributed by atoms with E-state index in [0.29, 0.717) is 83.2 Å². The maximum Gasteiger partial charge on any atom is 0.407 e. The van der Waals surface area contributed by atoms with Gasteiger partial charge in [0.15, 0.2) is 5.65 Å². The Morgan fingerprint density at radius 1 is 1.04 bits per heavy atom. The Kier molecular flexibility index (Phi) is 13.8. The minimum atomic E-state index is -0.537. The van der Waals surface area contributed by atoms with Crippen LogP contribution in [0.25, 0.3) is 11.0 Å². The van der Waals surface area contributed by atoms with Crippen LogP contribution in [0.15, 0.2) is 18.6 Å². The van der Waals surface area contributed by atoms with Gasteiger partial charge in [0.25, 0.3) is 0 Å². The average molecular weight is 631 g/mol. The first-order valence-electron chi connectivity index (χ1n) is 15.2. The summed E-state index contributed by atoms with van der Waals surface area (Å²) in [5.74, 6) is 0.807. The molecule has 3 amide bonds. The molecular formula is C30H46N8O7. The van der Waals surface area contributed by atoms with Gasteiger partial charge >= 0.3 is 12.1 Å². The van der Waals surface area contributed by atoms with Crippen molar-refractivity contribution >= 4 is 34.9 Å². The second kappa shape index (κ2) is 17.5. The van der Waals surface area contributed by atoms with Crippen molar-refractivity contribution in [3.63, 3.8) is 0 Å². The highest BCUT2D eigenvalue weighted by atomic mass is 16.6. The molecule has 15 heteroatoms. The van der Waals surface area contributed by atoms with E-state index in [-0.39, 0.29) is 24.4 Å². The fraction of sp³-hybridized carbons (Fsp3) is 0.667. The molecular weight excluding hydrogens is 584 g/mol. The maximum absolute atomic E-state index is 12.9. The smallest absolute Gasteiger partial charge is 0.407 e. The Labute approximate surface area is 264 Å². The lowest BCUT2D eigenvalue weighted by molar-refractivity contribution is -0.131. The second-order valence-corrected chi connectivity index (χ2v) is 11.7. The van der Waals surface area contributed by atoms with E-state index in [1.54, 1.807) is 31.9 Å².